The number of amides is 1. The third kappa shape index (κ3) is 2.91. The number of methoxy groups -OCH3 is 1. The molecule has 1 aromatic carbocycles. The number of halogens is 3. The van der Waals surface area contributed by atoms with Crippen molar-refractivity contribution in [2.75, 3.05) is 20.2 Å². The maximum Gasteiger partial charge on any atom is 0.471 e. The second-order valence-corrected chi connectivity index (χ2v) is 6.01. The fourth-order valence-corrected chi connectivity index (χ4v) is 3.24. The van der Waals surface area contributed by atoms with Crippen molar-refractivity contribution in [3.8, 4) is 5.75 Å². The molecule has 120 valence electrons. The van der Waals surface area contributed by atoms with Gasteiger partial charge >= 0.3 is 12.1 Å². The van der Waals surface area contributed by atoms with Gasteiger partial charge in [-0.3, -0.25) is 4.79 Å². The highest BCUT2D eigenvalue weighted by atomic mass is 19.4. The Morgan fingerprint density at radius 1 is 1.32 bits per heavy atom. The lowest BCUT2D eigenvalue weighted by Crippen LogP contribution is -2.43. The summed E-state index contributed by atoms with van der Waals surface area (Å²) in [5, 5.41) is 0. The first-order valence-electron chi connectivity index (χ1n) is 7.43. The molecule has 0 saturated heterocycles. The summed E-state index contributed by atoms with van der Waals surface area (Å²) in [6, 6.07) is 5.67. The molecule has 1 aliphatic heterocycles. The second-order valence-electron chi connectivity index (χ2n) is 6.01. The Balaban J connectivity index is 1.91. The van der Waals surface area contributed by atoms with Crippen molar-refractivity contribution < 1.29 is 22.7 Å². The first-order valence-corrected chi connectivity index (χ1v) is 7.43. The van der Waals surface area contributed by atoms with Gasteiger partial charge in [-0.2, -0.15) is 13.2 Å². The average molecular weight is 313 g/mol. The van der Waals surface area contributed by atoms with E-state index in [0.717, 1.165) is 28.9 Å². The van der Waals surface area contributed by atoms with Crippen LogP contribution in [0.2, 0.25) is 0 Å². The molecule has 0 aromatic heterocycles. The highest BCUT2D eigenvalue weighted by Crippen LogP contribution is 2.45. The van der Waals surface area contributed by atoms with Crippen LogP contribution in [0, 0.1) is 5.92 Å². The molecule has 0 N–H and O–H groups in total. The molecule has 22 heavy (non-hydrogen) atoms. The van der Waals surface area contributed by atoms with E-state index in [0.29, 0.717) is 18.1 Å². The molecule has 0 spiro atoms. The fourth-order valence-electron chi connectivity index (χ4n) is 3.24. The lowest BCUT2D eigenvalue weighted by molar-refractivity contribution is -0.185. The fraction of sp³-hybridized carbons (Fsp3) is 0.562. The molecule has 3 nitrogen and oxygen atoms in total. The Hall–Kier alpha value is -1.72. The van der Waals surface area contributed by atoms with Crippen molar-refractivity contribution in [1.82, 2.24) is 4.90 Å². The Kier molecular flexibility index (Phi) is 3.78. The summed E-state index contributed by atoms with van der Waals surface area (Å²) in [6.07, 6.45) is -2.34. The van der Waals surface area contributed by atoms with Gasteiger partial charge in [0.05, 0.1) is 7.11 Å². The summed E-state index contributed by atoms with van der Waals surface area (Å²) in [5.74, 6) is -0.648. The zero-order valence-corrected chi connectivity index (χ0v) is 12.3. The van der Waals surface area contributed by atoms with Gasteiger partial charge in [0.25, 0.3) is 0 Å². The summed E-state index contributed by atoms with van der Waals surface area (Å²) < 4.78 is 43.4. The quantitative estimate of drug-likeness (QED) is 0.839. The van der Waals surface area contributed by atoms with E-state index < -0.39 is 12.1 Å². The minimum Gasteiger partial charge on any atom is -0.497 e. The molecule has 1 aliphatic carbocycles. The van der Waals surface area contributed by atoms with Gasteiger partial charge in [0.1, 0.15) is 5.75 Å². The zero-order valence-electron chi connectivity index (χ0n) is 12.3. The number of hydrogen-bond donors (Lipinski definition) is 0. The van der Waals surface area contributed by atoms with E-state index in [2.05, 4.69) is 0 Å². The number of carbonyl (C=O) groups excluding carboxylic acids is 1. The van der Waals surface area contributed by atoms with Crippen LogP contribution in [0.4, 0.5) is 13.2 Å². The maximum atomic E-state index is 12.7. The summed E-state index contributed by atoms with van der Waals surface area (Å²) in [7, 11) is 1.57. The van der Waals surface area contributed by atoms with Gasteiger partial charge in [0.15, 0.2) is 0 Å². The van der Waals surface area contributed by atoms with Gasteiger partial charge < -0.3 is 9.64 Å². The Morgan fingerprint density at radius 2 is 2.05 bits per heavy atom. The van der Waals surface area contributed by atoms with Crippen LogP contribution in [0.1, 0.15) is 29.9 Å². The van der Waals surface area contributed by atoms with E-state index in [-0.39, 0.29) is 19.0 Å². The highest BCUT2D eigenvalue weighted by molar-refractivity contribution is 5.82. The smallest absolute Gasteiger partial charge is 0.471 e. The van der Waals surface area contributed by atoms with E-state index >= 15 is 0 Å². The van der Waals surface area contributed by atoms with Crippen LogP contribution in [0.15, 0.2) is 18.2 Å². The van der Waals surface area contributed by atoms with Crippen LogP contribution < -0.4 is 4.74 Å². The monoisotopic (exact) mass is 313 g/mol. The van der Waals surface area contributed by atoms with Crippen LogP contribution >= 0.6 is 0 Å². The topological polar surface area (TPSA) is 29.5 Å². The molecule has 0 radical (unpaired) electrons. The molecule has 1 atom stereocenters. The summed E-state index contributed by atoms with van der Waals surface area (Å²) in [5.41, 5.74) is 2.06. The minimum atomic E-state index is -4.80. The van der Waals surface area contributed by atoms with Gasteiger partial charge in [0, 0.05) is 19.0 Å². The van der Waals surface area contributed by atoms with Crippen molar-refractivity contribution in [1.29, 1.82) is 0 Å². The SMILES string of the molecule is COc1ccc2c(c1)CCN(C(=O)C(F)(F)F)CC2C1CC1. The van der Waals surface area contributed by atoms with Gasteiger partial charge in [-0.25, -0.2) is 0 Å². The van der Waals surface area contributed by atoms with Crippen molar-refractivity contribution in [2.45, 2.75) is 31.4 Å². The van der Waals surface area contributed by atoms with E-state index in [1.54, 1.807) is 7.11 Å². The van der Waals surface area contributed by atoms with E-state index in [4.69, 9.17) is 4.74 Å². The summed E-state index contributed by atoms with van der Waals surface area (Å²) in [4.78, 5) is 12.6. The van der Waals surface area contributed by atoms with E-state index in [1.165, 1.54) is 0 Å². The number of hydrogen-bond acceptors (Lipinski definition) is 2. The average Bonchev–Trinajstić information content (AvgIpc) is 3.30. The van der Waals surface area contributed by atoms with Gasteiger partial charge in [0.2, 0.25) is 0 Å². The minimum absolute atomic E-state index is 0.00490. The van der Waals surface area contributed by atoms with Crippen LogP contribution in [0.25, 0.3) is 0 Å². The predicted molar refractivity (Wildman–Crippen MR) is 74.8 cm³/mol. The predicted octanol–water partition coefficient (Wildman–Crippen LogP) is 3.14. The summed E-state index contributed by atoms with van der Waals surface area (Å²) in [6.45, 7) is 0.254. The number of nitrogens with zero attached hydrogens (tertiary/aromatic N) is 1. The first-order chi connectivity index (χ1) is 10.4. The second kappa shape index (κ2) is 5.48. The molecule has 6 heteroatoms. The summed E-state index contributed by atoms with van der Waals surface area (Å²) >= 11 is 0. The molecule has 1 saturated carbocycles. The normalized spacial score (nSPS) is 22.0. The van der Waals surface area contributed by atoms with E-state index in [9.17, 15) is 18.0 Å². The van der Waals surface area contributed by atoms with Crippen molar-refractivity contribution >= 4 is 5.91 Å². The van der Waals surface area contributed by atoms with Gasteiger partial charge in [-0.15, -0.1) is 0 Å². The van der Waals surface area contributed by atoms with Crippen LogP contribution in [-0.4, -0.2) is 37.2 Å². The van der Waals surface area contributed by atoms with E-state index in [1.807, 2.05) is 18.2 Å². The largest absolute Gasteiger partial charge is 0.497 e. The van der Waals surface area contributed by atoms with Crippen molar-refractivity contribution in [2.24, 2.45) is 5.92 Å². The number of fused-ring (bicyclic) bond motifs is 1. The highest BCUT2D eigenvalue weighted by Gasteiger charge is 2.45. The van der Waals surface area contributed by atoms with Crippen LogP contribution in [0.5, 0.6) is 5.75 Å². The molecule has 0 bridgehead atoms. The maximum absolute atomic E-state index is 12.7. The molecule has 1 amide bonds. The van der Waals surface area contributed by atoms with Crippen molar-refractivity contribution in [3.63, 3.8) is 0 Å². The standard InChI is InChI=1S/C16H18F3NO2/c1-22-12-4-5-13-11(8-12)6-7-20(15(21)16(17,18)19)9-14(13)10-2-3-10/h4-5,8,10,14H,2-3,6-7,9H2,1H3. The molecule has 3 rings (SSSR count). The number of carbonyl (C=O) groups is 1. The van der Waals surface area contributed by atoms with Gasteiger partial charge in [-0.1, -0.05) is 6.07 Å². The molecule has 1 fully saturated rings. The third-order valence-electron chi connectivity index (χ3n) is 4.54. The van der Waals surface area contributed by atoms with Crippen LogP contribution in [-0.2, 0) is 11.2 Å². The molecule has 1 aromatic rings. The Labute approximate surface area is 127 Å². The molecular weight excluding hydrogens is 295 g/mol. The lowest BCUT2D eigenvalue weighted by Gasteiger charge is -2.25. The molecule has 1 unspecified atom stereocenters. The number of alkyl halides is 3. The first kappa shape index (κ1) is 15.2. The lowest BCUT2D eigenvalue weighted by atomic mass is 9.90. The number of ether oxygens (including phenoxy) is 1. The molecular formula is C16H18F3NO2. The third-order valence-corrected chi connectivity index (χ3v) is 4.54. The zero-order chi connectivity index (χ0) is 15.9. The van der Waals surface area contributed by atoms with Crippen LogP contribution in [0.3, 0.4) is 0 Å². The molecule has 2 aliphatic rings. The van der Waals surface area contributed by atoms with Gasteiger partial charge in [-0.05, 0) is 48.4 Å². The molecule has 1 heterocycles. The number of rotatable bonds is 2. The Morgan fingerprint density at radius 3 is 2.64 bits per heavy atom. The Bertz CT molecular complexity index is 581. The number of benzene rings is 1. The van der Waals surface area contributed by atoms with Crippen molar-refractivity contribution in [3.05, 3.63) is 29.3 Å².